The van der Waals surface area contributed by atoms with Crippen LogP contribution >= 0.6 is 0 Å². The highest BCUT2D eigenvalue weighted by Gasteiger charge is 2.33. The molecular weight excluding hydrogens is 307 g/mol. The smallest absolute Gasteiger partial charge is 0.433 e. The zero-order valence-corrected chi connectivity index (χ0v) is 13.2. The topological polar surface area (TPSA) is 39.2 Å². The highest BCUT2D eigenvalue weighted by molar-refractivity contribution is 5.73. The maximum Gasteiger partial charge on any atom is 0.433 e. The van der Waals surface area contributed by atoms with Gasteiger partial charge in [-0.3, -0.25) is 9.78 Å². The molecule has 0 amide bonds. The average Bonchev–Trinajstić information content (AvgIpc) is 2.54. The lowest BCUT2D eigenvalue weighted by atomic mass is 9.80. The van der Waals surface area contributed by atoms with Crippen molar-refractivity contribution in [3.8, 4) is 0 Å². The molecule has 1 aromatic heterocycles. The Morgan fingerprint density at radius 3 is 2.78 bits per heavy atom. The van der Waals surface area contributed by atoms with Gasteiger partial charge in [0.1, 0.15) is 5.69 Å². The Bertz CT molecular complexity index is 596. The zero-order valence-electron chi connectivity index (χ0n) is 13.2. The number of carbonyl (C=O) groups is 1. The molecule has 1 aromatic rings. The number of halogens is 3. The van der Waals surface area contributed by atoms with Gasteiger partial charge in [0.05, 0.1) is 12.5 Å². The molecular formula is C17H20F3NO2. The van der Waals surface area contributed by atoms with E-state index in [1.165, 1.54) is 6.20 Å². The van der Waals surface area contributed by atoms with Gasteiger partial charge in [-0.15, -0.1) is 0 Å². The summed E-state index contributed by atoms with van der Waals surface area (Å²) < 4.78 is 43.2. The molecule has 3 nitrogen and oxygen atoms in total. The number of aromatic nitrogens is 1. The van der Waals surface area contributed by atoms with E-state index >= 15 is 0 Å². The predicted octanol–water partition coefficient (Wildman–Crippen LogP) is 4.48. The summed E-state index contributed by atoms with van der Waals surface area (Å²) >= 11 is 0. The monoisotopic (exact) mass is 327 g/mol. The van der Waals surface area contributed by atoms with Crippen LogP contribution in [0.2, 0.25) is 0 Å². The number of pyridine rings is 1. The van der Waals surface area contributed by atoms with Crippen molar-refractivity contribution < 1.29 is 22.7 Å². The van der Waals surface area contributed by atoms with Gasteiger partial charge in [0.2, 0.25) is 0 Å². The minimum atomic E-state index is -4.44. The fourth-order valence-electron chi connectivity index (χ4n) is 2.82. The SMILES string of the molecule is CCOC(=O)C(C)C1CC=C(c2ccnc(C(F)(F)F)c2)CC1. The molecule has 23 heavy (non-hydrogen) atoms. The fourth-order valence-corrected chi connectivity index (χ4v) is 2.82. The summed E-state index contributed by atoms with van der Waals surface area (Å²) in [6.07, 6.45) is 0.752. The standard InChI is InChI=1S/C17H20F3NO2/c1-3-23-16(22)11(2)12-4-6-13(7-5-12)14-8-9-21-15(10-14)17(18,19)20/h6,8-12H,3-5,7H2,1-2H3. The normalized spacial score (nSPS) is 19.9. The Labute approximate surface area is 133 Å². The average molecular weight is 327 g/mol. The van der Waals surface area contributed by atoms with E-state index < -0.39 is 11.9 Å². The maximum atomic E-state index is 12.7. The van der Waals surface area contributed by atoms with Crippen LogP contribution in [0, 0.1) is 11.8 Å². The van der Waals surface area contributed by atoms with Crippen LogP contribution in [0.1, 0.15) is 44.4 Å². The molecule has 2 atom stereocenters. The van der Waals surface area contributed by atoms with Crippen molar-refractivity contribution >= 4 is 11.5 Å². The minimum Gasteiger partial charge on any atom is -0.466 e. The Hall–Kier alpha value is -1.85. The van der Waals surface area contributed by atoms with Crippen molar-refractivity contribution in [1.29, 1.82) is 0 Å². The van der Waals surface area contributed by atoms with Crippen molar-refractivity contribution in [3.63, 3.8) is 0 Å². The van der Waals surface area contributed by atoms with Crippen LogP contribution in [0.25, 0.3) is 5.57 Å². The van der Waals surface area contributed by atoms with Crippen LogP contribution in [-0.4, -0.2) is 17.6 Å². The molecule has 0 bridgehead atoms. The molecule has 0 saturated carbocycles. The Morgan fingerprint density at radius 2 is 2.22 bits per heavy atom. The van der Waals surface area contributed by atoms with Crippen LogP contribution in [0.15, 0.2) is 24.4 Å². The molecule has 126 valence electrons. The molecule has 6 heteroatoms. The molecule has 0 fully saturated rings. The first-order valence-electron chi connectivity index (χ1n) is 7.72. The number of allylic oxidation sites excluding steroid dienone is 2. The predicted molar refractivity (Wildman–Crippen MR) is 80.4 cm³/mol. The van der Waals surface area contributed by atoms with E-state index in [1.54, 1.807) is 13.0 Å². The molecule has 2 unspecified atom stereocenters. The lowest BCUT2D eigenvalue weighted by Gasteiger charge is -2.26. The van der Waals surface area contributed by atoms with Crippen molar-refractivity contribution in [1.82, 2.24) is 4.98 Å². The molecule has 0 spiro atoms. The van der Waals surface area contributed by atoms with Crippen molar-refractivity contribution in [2.45, 2.75) is 39.3 Å². The van der Waals surface area contributed by atoms with Gasteiger partial charge in [-0.1, -0.05) is 13.0 Å². The summed E-state index contributed by atoms with van der Waals surface area (Å²) in [6, 6.07) is 2.68. The van der Waals surface area contributed by atoms with Crippen molar-refractivity contribution in [2.75, 3.05) is 6.61 Å². The van der Waals surface area contributed by atoms with Gasteiger partial charge in [-0.2, -0.15) is 13.2 Å². The number of rotatable bonds is 4. The molecule has 0 radical (unpaired) electrons. The third-order valence-corrected chi connectivity index (χ3v) is 4.24. The molecule has 0 aromatic carbocycles. The molecule has 1 heterocycles. The molecule has 2 rings (SSSR count). The molecule has 0 saturated heterocycles. The number of hydrogen-bond donors (Lipinski definition) is 0. The molecule has 1 aliphatic rings. The highest BCUT2D eigenvalue weighted by atomic mass is 19.4. The van der Waals surface area contributed by atoms with E-state index in [2.05, 4.69) is 4.98 Å². The van der Waals surface area contributed by atoms with Crippen molar-refractivity contribution in [3.05, 3.63) is 35.7 Å². The van der Waals surface area contributed by atoms with Gasteiger partial charge < -0.3 is 4.74 Å². The quantitative estimate of drug-likeness (QED) is 0.765. The number of esters is 1. The summed E-state index contributed by atoms with van der Waals surface area (Å²) in [5.74, 6) is -0.240. The number of nitrogens with zero attached hydrogens (tertiary/aromatic N) is 1. The van der Waals surface area contributed by atoms with Crippen LogP contribution in [-0.2, 0) is 15.7 Å². The lowest BCUT2D eigenvalue weighted by Crippen LogP contribution is -2.24. The van der Waals surface area contributed by atoms with Crippen LogP contribution in [0.3, 0.4) is 0 Å². The Morgan fingerprint density at radius 1 is 1.48 bits per heavy atom. The zero-order chi connectivity index (χ0) is 17.0. The maximum absolute atomic E-state index is 12.7. The first-order valence-corrected chi connectivity index (χ1v) is 7.72. The number of alkyl halides is 3. The van der Waals surface area contributed by atoms with E-state index in [1.807, 2.05) is 13.0 Å². The van der Waals surface area contributed by atoms with Gasteiger partial charge in [0.15, 0.2) is 0 Å². The van der Waals surface area contributed by atoms with Gasteiger partial charge in [-0.25, -0.2) is 0 Å². The molecule has 0 aliphatic heterocycles. The van der Waals surface area contributed by atoms with E-state index in [4.69, 9.17) is 4.74 Å². The highest BCUT2D eigenvalue weighted by Crippen LogP contribution is 2.36. The summed E-state index contributed by atoms with van der Waals surface area (Å²) in [5.41, 5.74) is 0.553. The summed E-state index contributed by atoms with van der Waals surface area (Å²) in [6.45, 7) is 3.97. The number of carbonyl (C=O) groups excluding carboxylic acids is 1. The van der Waals surface area contributed by atoms with Crippen LogP contribution in [0.4, 0.5) is 13.2 Å². The first kappa shape index (κ1) is 17.5. The largest absolute Gasteiger partial charge is 0.466 e. The van der Waals surface area contributed by atoms with E-state index in [-0.39, 0.29) is 17.8 Å². The van der Waals surface area contributed by atoms with Gasteiger partial charge in [0.25, 0.3) is 0 Å². The lowest BCUT2D eigenvalue weighted by molar-refractivity contribution is -0.149. The minimum absolute atomic E-state index is 0.168. The molecule has 0 N–H and O–H groups in total. The summed E-state index contributed by atoms with van der Waals surface area (Å²) in [4.78, 5) is 15.2. The fraction of sp³-hybridized carbons (Fsp3) is 0.529. The van der Waals surface area contributed by atoms with E-state index in [9.17, 15) is 18.0 Å². The second-order valence-electron chi connectivity index (χ2n) is 5.73. The van der Waals surface area contributed by atoms with E-state index in [0.717, 1.165) is 18.1 Å². The van der Waals surface area contributed by atoms with Crippen LogP contribution in [0.5, 0.6) is 0 Å². The van der Waals surface area contributed by atoms with Crippen LogP contribution < -0.4 is 0 Å². The van der Waals surface area contributed by atoms with E-state index in [0.29, 0.717) is 25.0 Å². The summed E-state index contributed by atoms with van der Waals surface area (Å²) in [5, 5.41) is 0. The van der Waals surface area contributed by atoms with Crippen molar-refractivity contribution in [2.24, 2.45) is 11.8 Å². The third-order valence-electron chi connectivity index (χ3n) is 4.24. The molecule has 1 aliphatic carbocycles. The van der Waals surface area contributed by atoms with Gasteiger partial charge in [-0.05, 0) is 55.4 Å². The Balaban J connectivity index is 2.09. The summed E-state index contributed by atoms with van der Waals surface area (Å²) in [7, 11) is 0. The number of ether oxygens (including phenoxy) is 1. The van der Waals surface area contributed by atoms with Gasteiger partial charge in [0, 0.05) is 6.20 Å². The second kappa shape index (κ2) is 7.15. The third kappa shape index (κ3) is 4.33. The van der Waals surface area contributed by atoms with Gasteiger partial charge >= 0.3 is 12.1 Å². The number of hydrogen-bond acceptors (Lipinski definition) is 3. The Kier molecular flexibility index (Phi) is 5.44. The first-order chi connectivity index (χ1) is 10.8. The second-order valence-corrected chi connectivity index (χ2v) is 5.73.